The summed E-state index contributed by atoms with van der Waals surface area (Å²) in [5, 5.41) is 13.6. The van der Waals surface area contributed by atoms with E-state index in [4.69, 9.17) is 14.1 Å². The number of piperidine rings is 1. The molecule has 2 aliphatic heterocycles. The fourth-order valence-corrected chi connectivity index (χ4v) is 6.98. The van der Waals surface area contributed by atoms with Crippen LogP contribution in [-0.4, -0.2) is 65.1 Å². The van der Waals surface area contributed by atoms with E-state index in [1.165, 1.54) is 0 Å². The molecule has 0 saturated carbocycles. The highest BCUT2D eigenvalue weighted by Gasteiger charge is 2.38. The SMILES string of the molecule is Cn1cc2cc(NC(=O)c3cccc(-c4cnn(C5CCCCO5)c4)n3)c(N3CCC(CO[Si](C)(C)C(C)(C)C)CC3)cc2n1. The number of nitrogens with zero attached hydrogens (tertiary/aromatic N) is 6. The van der Waals surface area contributed by atoms with Crippen LogP contribution >= 0.6 is 0 Å². The number of fused-ring (bicyclic) bond motifs is 1. The first-order valence-electron chi connectivity index (χ1n) is 16.3. The van der Waals surface area contributed by atoms with Crippen molar-refractivity contribution in [1.82, 2.24) is 24.5 Å². The van der Waals surface area contributed by atoms with E-state index >= 15 is 0 Å². The van der Waals surface area contributed by atoms with Crippen LogP contribution in [0, 0.1) is 5.92 Å². The average molecular weight is 630 g/mol. The summed E-state index contributed by atoms with van der Waals surface area (Å²) in [5.41, 5.74) is 4.58. The summed E-state index contributed by atoms with van der Waals surface area (Å²) in [6, 6.07) is 9.66. The zero-order valence-electron chi connectivity index (χ0n) is 27.5. The lowest BCUT2D eigenvalue weighted by molar-refractivity contribution is -0.0394. The monoisotopic (exact) mass is 629 g/mol. The summed E-state index contributed by atoms with van der Waals surface area (Å²) < 4.78 is 16.1. The molecule has 240 valence electrons. The van der Waals surface area contributed by atoms with Crippen LogP contribution in [0.1, 0.15) is 69.6 Å². The van der Waals surface area contributed by atoms with Crippen molar-refractivity contribution in [3.63, 3.8) is 0 Å². The summed E-state index contributed by atoms with van der Waals surface area (Å²) in [4.78, 5) is 20.8. The minimum atomic E-state index is -1.78. The smallest absolute Gasteiger partial charge is 0.274 e. The van der Waals surface area contributed by atoms with Crippen LogP contribution in [0.3, 0.4) is 0 Å². The number of ether oxygens (including phenoxy) is 1. The summed E-state index contributed by atoms with van der Waals surface area (Å²) in [7, 11) is 0.142. The molecule has 5 heterocycles. The van der Waals surface area contributed by atoms with Gasteiger partial charge in [-0.05, 0) is 80.4 Å². The molecule has 2 fully saturated rings. The molecule has 6 rings (SSSR count). The van der Waals surface area contributed by atoms with Crippen LogP contribution in [0.4, 0.5) is 11.4 Å². The van der Waals surface area contributed by atoms with Gasteiger partial charge in [0.1, 0.15) is 11.9 Å². The molecule has 1 amide bonds. The maximum Gasteiger partial charge on any atom is 0.274 e. The van der Waals surface area contributed by atoms with Crippen molar-refractivity contribution in [1.29, 1.82) is 0 Å². The normalized spacial score (nSPS) is 18.4. The van der Waals surface area contributed by atoms with Crippen LogP contribution in [-0.2, 0) is 16.2 Å². The Labute approximate surface area is 267 Å². The third-order valence-corrected chi connectivity index (χ3v) is 14.3. The molecular formula is C34H47N7O3Si. The average Bonchev–Trinajstić information content (AvgIpc) is 3.66. The topological polar surface area (TPSA) is 99.3 Å². The quantitative estimate of drug-likeness (QED) is 0.209. The van der Waals surface area contributed by atoms with Gasteiger partial charge in [0.05, 0.1) is 28.8 Å². The van der Waals surface area contributed by atoms with Crippen molar-refractivity contribution >= 4 is 36.5 Å². The van der Waals surface area contributed by atoms with E-state index in [-0.39, 0.29) is 17.2 Å². The molecule has 1 unspecified atom stereocenters. The number of amides is 1. The molecular weight excluding hydrogens is 583 g/mol. The molecule has 0 aliphatic carbocycles. The number of benzene rings is 1. The number of pyridine rings is 1. The highest BCUT2D eigenvalue weighted by molar-refractivity contribution is 6.74. The fourth-order valence-electron chi connectivity index (χ4n) is 5.90. The summed E-state index contributed by atoms with van der Waals surface area (Å²) in [6.45, 7) is 14.9. The largest absolute Gasteiger partial charge is 0.417 e. The number of nitrogens with one attached hydrogen (secondary N) is 1. The number of aromatic nitrogens is 5. The Balaban J connectivity index is 1.18. The lowest BCUT2D eigenvalue weighted by atomic mass is 9.97. The first-order valence-corrected chi connectivity index (χ1v) is 19.2. The molecule has 0 spiro atoms. The van der Waals surface area contributed by atoms with E-state index < -0.39 is 8.32 Å². The van der Waals surface area contributed by atoms with Crippen LogP contribution in [0.2, 0.25) is 18.1 Å². The highest BCUT2D eigenvalue weighted by Crippen LogP contribution is 2.38. The van der Waals surface area contributed by atoms with Gasteiger partial charge >= 0.3 is 0 Å². The molecule has 0 radical (unpaired) electrons. The molecule has 10 nitrogen and oxygen atoms in total. The van der Waals surface area contributed by atoms with Gasteiger partial charge in [0.2, 0.25) is 0 Å². The molecule has 1 N–H and O–H groups in total. The molecule has 1 atom stereocenters. The first-order chi connectivity index (χ1) is 21.5. The summed E-state index contributed by atoms with van der Waals surface area (Å²) >= 11 is 0. The van der Waals surface area contributed by atoms with Gasteiger partial charge in [-0.15, -0.1) is 0 Å². The van der Waals surface area contributed by atoms with Crippen molar-refractivity contribution in [2.75, 3.05) is 36.5 Å². The van der Waals surface area contributed by atoms with Gasteiger partial charge in [-0.3, -0.25) is 9.48 Å². The second-order valence-electron chi connectivity index (χ2n) is 14.1. The number of hydrogen-bond acceptors (Lipinski definition) is 7. The Morgan fingerprint density at radius 1 is 1.11 bits per heavy atom. The number of aryl methyl sites for hydroxylation is 1. The lowest BCUT2D eigenvalue weighted by Crippen LogP contribution is -2.43. The Hall–Kier alpha value is -3.54. The van der Waals surface area contributed by atoms with E-state index in [9.17, 15) is 4.79 Å². The van der Waals surface area contributed by atoms with Gasteiger partial charge in [0.25, 0.3) is 5.91 Å². The third-order valence-electron chi connectivity index (χ3n) is 9.76. The predicted octanol–water partition coefficient (Wildman–Crippen LogP) is 7.02. The maximum atomic E-state index is 13.7. The van der Waals surface area contributed by atoms with Crippen molar-refractivity contribution in [2.45, 2.75) is 77.2 Å². The van der Waals surface area contributed by atoms with E-state index in [1.54, 1.807) is 12.3 Å². The Bertz CT molecular complexity index is 1640. The molecule has 11 heteroatoms. The van der Waals surface area contributed by atoms with E-state index in [2.05, 4.69) is 60.3 Å². The standard InChI is InChI=1S/C34H47N7O3Si/c1-34(2,3)45(5,6)44-23-24-13-15-40(16-14-24)31-19-29-25(21-39(4)38-29)18-30(31)37-33(42)28-11-9-10-27(36-28)26-20-35-41(22-26)32-12-7-8-17-43-32/h9-11,18-22,24,32H,7-8,12-17,23H2,1-6H3,(H,37,42). The fraction of sp³-hybridized carbons (Fsp3) is 0.529. The number of hydrogen-bond donors (Lipinski definition) is 1. The maximum absolute atomic E-state index is 13.7. The highest BCUT2D eigenvalue weighted by atomic mass is 28.4. The molecule has 45 heavy (non-hydrogen) atoms. The van der Waals surface area contributed by atoms with Gasteiger partial charge in [-0.2, -0.15) is 10.2 Å². The van der Waals surface area contributed by atoms with Crippen LogP contribution in [0.25, 0.3) is 22.2 Å². The van der Waals surface area contributed by atoms with Crippen molar-refractivity contribution in [2.24, 2.45) is 13.0 Å². The molecule has 3 aromatic heterocycles. The van der Waals surface area contributed by atoms with Gasteiger partial charge in [-0.25, -0.2) is 9.67 Å². The van der Waals surface area contributed by atoms with Gasteiger partial charge in [0.15, 0.2) is 8.32 Å². The minimum Gasteiger partial charge on any atom is -0.417 e. The summed E-state index contributed by atoms with van der Waals surface area (Å²) in [6.07, 6.45) is 10.9. The predicted molar refractivity (Wildman–Crippen MR) is 181 cm³/mol. The molecule has 0 bridgehead atoms. The zero-order chi connectivity index (χ0) is 31.8. The van der Waals surface area contributed by atoms with Crippen LogP contribution in [0.15, 0.2) is 48.9 Å². The number of anilines is 2. The van der Waals surface area contributed by atoms with Gasteiger partial charge < -0.3 is 19.4 Å². The summed E-state index contributed by atoms with van der Waals surface area (Å²) in [5.74, 6) is 0.287. The molecule has 2 saturated heterocycles. The lowest BCUT2D eigenvalue weighted by Gasteiger charge is -2.39. The number of carbonyl (C=O) groups excluding carboxylic acids is 1. The van der Waals surface area contributed by atoms with Crippen LogP contribution in [0.5, 0.6) is 0 Å². The molecule has 4 aromatic rings. The Kier molecular flexibility index (Phi) is 8.86. The van der Waals surface area contributed by atoms with Gasteiger partial charge in [-0.1, -0.05) is 26.8 Å². The second-order valence-corrected chi connectivity index (χ2v) is 18.9. The van der Waals surface area contributed by atoms with E-state index in [1.807, 2.05) is 47.0 Å². The Morgan fingerprint density at radius 3 is 2.64 bits per heavy atom. The van der Waals surface area contributed by atoms with Crippen molar-refractivity contribution in [3.05, 3.63) is 54.6 Å². The zero-order valence-corrected chi connectivity index (χ0v) is 28.5. The minimum absolute atomic E-state index is 0.0467. The van der Waals surface area contributed by atoms with Crippen molar-refractivity contribution in [3.8, 4) is 11.3 Å². The number of rotatable bonds is 8. The molecule has 2 aliphatic rings. The van der Waals surface area contributed by atoms with E-state index in [0.29, 0.717) is 17.3 Å². The first kappa shape index (κ1) is 31.4. The third kappa shape index (κ3) is 7.00. The van der Waals surface area contributed by atoms with Crippen molar-refractivity contribution < 1.29 is 14.0 Å². The second kappa shape index (κ2) is 12.7. The Morgan fingerprint density at radius 2 is 1.91 bits per heavy atom. The van der Waals surface area contributed by atoms with Gasteiger partial charge in [0, 0.05) is 56.7 Å². The number of carbonyl (C=O) groups is 1. The van der Waals surface area contributed by atoms with Crippen LogP contribution < -0.4 is 10.2 Å². The molecule has 1 aromatic carbocycles. The van der Waals surface area contributed by atoms with E-state index in [0.717, 1.165) is 86.2 Å².